The number of nitro benzene ring substituents is 1. The van der Waals surface area contributed by atoms with E-state index in [-0.39, 0.29) is 16.9 Å². The summed E-state index contributed by atoms with van der Waals surface area (Å²) in [6.45, 7) is 0. The van der Waals surface area contributed by atoms with Gasteiger partial charge in [-0.25, -0.2) is 4.79 Å². The number of ether oxygens (including phenoxy) is 1. The molecule has 0 saturated heterocycles. The van der Waals surface area contributed by atoms with Gasteiger partial charge in [-0.1, -0.05) is 0 Å². The van der Waals surface area contributed by atoms with Crippen LogP contribution < -0.4 is 4.74 Å². The summed E-state index contributed by atoms with van der Waals surface area (Å²) < 4.78 is 4.73. The van der Waals surface area contributed by atoms with Crippen LogP contribution in [0.25, 0.3) is 0 Å². The van der Waals surface area contributed by atoms with E-state index in [1.807, 2.05) is 0 Å². The van der Waals surface area contributed by atoms with Crippen molar-refractivity contribution in [1.82, 2.24) is 0 Å². The van der Waals surface area contributed by atoms with Gasteiger partial charge in [-0.05, 0) is 6.07 Å². The lowest BCUT2D eigenvalue weighted by atomic mass is 10.0. The molecule has 0 fully saturated rings. The lowest BCUT2D eigenvalue weighted by molar-refractivity contribution is -0.385. The first kappa shape index (κ1) is 13.4. The van der Waals surface area contributed by atoms with Gasteiger partial charge in [0.2, 0.25) is 5.75 Å². The molecule has 0 spiro atoms. The Kier molecular flexibility index (Phi) is 3.81. The fraction of sp³-hybridized carbons (Fsp3) is 0.200. The van der Waals surface area contributed by atoms with Gasteiger partial charge in [-0.15, -0.1) is 0 Å². The first-order valence-electron chi connectivity index (χ1n) is 4.59. The van der Waals surface area contributed by atoms with Crippen molar-refractivity contribution in [3.05, 3.63) is 33.4 Å². The van der Waals surface area contributed by atoms with Gasteiger partial charge in [0.25, 0.3) is 0 Å². The molecule has 0 heterocycles. The van der Waals surface area contributed by atoms with E-state index in [1.165, 1.54) is 0 Å². The van der Waals surface area contributed by atoms with Crippen LogP contribution in [0.5, 0.6) is 5.75 Å². The topological polar surface area (TPSA) is 134 Å². The second-order valence-electron chi connectivity index (χ2n) is 3.23. The highest BCUT2D eigenvalue weighted by molar-refractivity contribution is 5.77. The number of nitrogens with zero attached hydrogens (tertiary/aromatic N) is 2. The number of aliphatic hydroxyl groups excluding tert-OH is 1. The average Bonchev–Trinajstić information content (AvgIpc) is 2.35. The molecule has 0 aliphatic rings. The first-order valence-corrected chi connectivity index (χ1v) is 4.59. The van der Waals surface area contributed by atoms with Crippen molar-refractivity contribution in [2.75, 3.05) is 7.11 Å². The number of benzene rings is 1. The molecule has 1 rings (SSSR count). The SMILES string of the molecule is COc1c(C(O)C(=O)O)cc(C#N)cc1[N+](=O)[O-]. The van der Waals surface area contributed by atoms with Crippen molar-refractivity contribution in [2.24, 2.45) is 0 Å². The molecule has 1 aromatic carbocycles. The zero-order valence-electron chi connectivity index (χ0n) is 9.15. The van der Waals surface area contributed by atoms with Crippen LogP contribution in [0.4, 0.5) is 5.69 Å². The van der Waals surface area contributed by atoms with Crippen LogP contribution in [0.3, 0.4) is 0 Å². The van der Waals surface area contributed by atoms with Crippen LogP contribution in [0.2, 0.25) is 0 Å². The fourth-order valence-corrected chi connectivity index (χ4v) is 1.39. The predicted molar refractivity (Wildman–Crippen MR) is 57.0 cm³/mol. The predicted octanol–water partition coefficient (Wildman–Crippen LogP) is 0.593. The highest BCUT2D eigenvalue weighted by atomic mass is 16.6. The van der Waals surface area contributed by atoms with E-state index in [9.17, 15) is 20.0 Å². The minimum absolute atomic E-state index is 0.141. The van der Waals surface area contributed by atoms with Crippen molar-refractivity contribution < 1.29 is 24.7 Å². The molecule has 2 N–H and O–H groups in total. The van der Waals surface area contributed by atoms with Crippen LogP contribution in [0.15, 0.2) is 12.1 Å². The number of carbonyl (C=O) groups is 1. The van der Waals surface area contributed by atoms with Crippen LogP contribution in [0, 0.1) is 21.4 Å². The molecule has 0 aliphatic heterocycles. The number of hydrogen-bond acceptors (Lipinski definition) is 6. The van der Waals surface area contributed by atoms with E-state index in [2.05, 4.69) is 0 Å². The third-order valence-electron chi connectivity index (χ3n) is 2.16. The van der Waals surface area contributed by atoms with Gasteiger partial charge in [0.1, 0.15) is 0 Å². The Balaban J connectivity index is 3.58. The summed E-state index contributed by atoms with van der Waals surface area (Å²) in [5, 5.41) is 37.6. The molecule has 0 amide bonds. The lowest BCUT2D eigenvalue weighted by Crippen LogP contribution is -2.13. The maximum atomic E-state index is 10.8. The summed E-state index contributed by atoms with van der Waals surface area (Å²) in [7, 11) is 1.10. The van der Waals surface area contributed by atoms with E-state index < -0.39 is 22.7 Å². The number of methoxy groups -OCH3 is 1. The summed E-state index contributed by atoms with van der Waals surface area (Å²) in [6, 6.07) is 3.62. The van der Waals surface area contributed by atoms with Gasteiger partial charge in [-0.2, -0.15) is 5.26 Å². The van der Waals surface area contributed by atoms with Gasteiger partial charge in [0.05, 0.1) is 23.7 Å². The van der Waals surface area contributed by atoms with E-state index in [1.54, 1.807) is 6.07 Å². The molecular formula is C10H8N2O6. The van der Waals surface area contributed by atoms with Crippen molar-refractivity contribution in [1.29, 1.82) is 5.26 Å². The van der Waals surface area contributed by atoms with Crippen LogP contribution in [-0.4, -0.2) is 28.2 Å². The zero-order valence-corrected chi connectivity index (χ0v) is 9.15. The smallest absolute Gasteiger partial charge is 0.337 e. The summed E-state index contributed by atoms with van der Waals surface area (Å²) in [5.41, 5.74) is -1.06. The summed E-state index contributed by atoms with van der Waals surface area (Å²) in [5.74, 6) is -1.98. The Bertz CT molecular complexity index is 548. The average molecular weight is 252 g/mol. The standard InChI is InChI=1S/C10H8N2O6/c1-18-9-6(8(13)10(14)15)2-5(4-11)3-7(9)12(16)17/h2-3,8,13H,1H3,(H,14,15). The number of rotatable bonds is 4. The number of carboxylic acid groups (broad SMARTS) is 1. The second-order valence-corrected chi connectivity index (χ2v) is 3.23. The molecule has 0 aromatic heterocycles. The van der Waals surface area contributed by atoms with Gasteiger partial charge in [-0.3, -0.25) is 10.1 Å². The van der Waals surface area contributed by atoms with Crippen molar-refractivity contribution >= 4 is 11.7 Å². The molecule has 94 valence electrons. The Morgan fingerprint density at radius 2 is 2.22 bits per heavy atom. The van der Waals surface area contributed by atoms with Gasteiger partial charge >= 0.3 is 11.7 Å². The van der Waals surface area contributed by atoms with Crippen molar-refractivity contribution in [3.63, 3.8) is 0 Å². The summed E-state index contributed by atoms with van der Waals surface area (Å²) in [4.78, 5) is 20.6. The largest absolute Gasteiger partial charge is 0.490 e. The van der Waals surface area contributed by atoms with Crippen molar-refractivity contribution in [3.8, 4) is 11.8 Å². The Hall–Kier alpha value is -2.66. The van der Waals surface area contributed by atoms with E-state index >= 15 is 0 Å². The van der Waals surface area contributed by atoms with Gasteiger partial charge in [0, 0.05) is 11.6 Å². The highest BCUT2D eigenvalue weighted by Crippen LogP contribution is 2.35. The molecule has 1 atom stereocenters. The maximum Gasteiger partial charge on any atom is 0.337 e. The normalized spacial score (nSPS) is 11.4. The lowest BCUT2D eigenvalue weighted by Gasteiger charge is -2.11. The number of nitro groups is 1. The zero-order chi connectivity index (χ0) is 13.9. The maximum absolute atomic E-state index is 10.8. The van der Waals surface area contributed by atoms with E-state index in [4.69, 9.17) is 15.1 Å². The molecule has 0 saturated carbocycles. The quantitative estimate of drug-likeness (QED) is 0.591. The molecule has 18 heavy (non-hydrogen) atoms. The van der Waals surface area contributed by atoms with E-state index in [0.29, 0.717) is 0 Å². The number of carboxylic acids is 1. The van der Waals surface area contributed by atoms with Gasteiger partial charge < -0.3 is 14.9 Å². The summed E-state index contributed by atoms with van der Waals surface area (Å²) in [6.07, 6.45) is -2.01. The Morgan fingerprint density at radius 1 is 1.61 bits per heavy atom. The third-order valence-corrected chi connectivity index (χ3v) is 2.16. The van der Waals surface area contributed by atoms with Crippen molar-refractivity contribution in [2.45, 2.75) is 6.10 Å². The highest BCUT2D eigenvalue weighted by Gasteiger charge is 2.28. The number of aliphatic carboxylic acids is 1. The monoisotopic (exact) mass is 252 g/mol. The van der Waals surface area contributed by atoms with Crippen LogP contribution in [0.1, 0.15) is 17.2 Å². The molecule has 8 heteroatoms. The number of nitriles is 1. The van der Waals surface area contributed by atoms with Crippen LogP contribution in [-0.2, 0) is 4.79 Å². The molecule has 0 bridgehead atoms. The van der Waals surface area contributed by atoms with E-state index in [0.717, 1.165) is 19.2 Å². The van der Waals surface area contributed by atoms with Gasteiger partial charge in [0.15, 0.2) is 6.10 Å². The number of hydrogen-bond donors (Lipinski definition) is 2. The molecule has 0 radical (unpaired) electrons. The minimum Gasteiger partial charge on any atom is -0.490 e. The molecule has 1 aromatic rings. The first-order chi connectivity index (χ1) is 8.42. The fourth-order valence-electron chi connectivity index (χ4n) is 1.39. The Morgan fingerprint density at radius 3 is 2.61 bits per heavy atom. The van der Waals surface area contributed by atoms with Crippen LogP contribution >= 0.6 is 0 Å². The second kappa shape index (κ2) is 5.11. The molecule has 0 aliphatic carbocycles. The third kappa shape index (κ3) is 2.36. The molecule has 1 unspecified atom stereocenters. The summed E-state index contributed by atoms with van der Waals surface area (Å²) >= 11 is 0. The molecule has 8 nitrogen and oxygen atoms in total. The number of aliphatic hydroxyl groups is 1. The Labute approximate surface area is 101 Å². The minimum atomic E-state index is -2.01. The molecular weight excluding hydrogens is 244 g/mol.